The molecule has 0 spiro atoms. The zero-order valence-electron chi connectivity index (χ0n) is 40.6. The molecule has 0 aliphatic rings. The van der Waals surface area contributed by atoms with Crippen LogP contribution in [0.4, 0.5) is 0 Å². The van der Waals surface area contributed by atoms with Crippen LogP contribution in [-0.2, 0) is 32.7 Å². The van der Waals surface area contributed by atoms with Crippen LogP contribution < -0.4 is 4.89 Å². The number of hydrogen-bond acceptors (Lipinski definition) is 8. The molecule has 0 N–H and O–H groups in total. The van der Waals surface area contributed by atoms with E-state index in [-0.39, 0.29) is 32.0 Å². The first-order valence-corrected chi connectivity index (χ1v) is 27.0. The van der Waals surface area contributed by atoms with Crippen molar-refractivity contribution >= 4 is 19.8 Å². The van der Waals surface area contributed by atoms with Gasteiger partial charge in [-0.15, -0.1) is 0 Å². The number of unbranched alkanes of at least 4 members (excludes halogenated alkanes) is 29. The molecule has 61 heavy (non-hydrogen) atoms. The Labute approximate surface area is 377 Å². The molecule has 0 aliphatic heterocycles. The van der Waals surface area contributed by atoms with E-state index in [0.29, 0.717) is 17.4 Å². The van der Waals surface area contributed by atoms with Crippen molar-refractivity contribution in [3.05, 3.63) is 24.3 Å². The van der Waals surface area contributed by atoms with Gasteiger partial charge in [0.1, 0.15) is 19.8 Å². The predicted octanol–water partition coefficient (Wildman–Crippen LogP) is 14.5. The number of quaternary nitrogens is 1. The number of likely N-dealkylation sites (N-methyl/N-ethyl adjacent to an activating group) is 1. The molecule has 0 fully saturated rings. The second-order valence-electron chi connectivity index (χ2n) is 18.5. The third-order valence-corrected chi connectivity index (χ3v) is 12.2. The lowest BCUT2D eigenvalue weighted by atomic mass is 10.0. The van der Waals surface area contributed by atoms with E-state index in [1.54, 1.807) is 0 Å². The van der Waals surface area contributed by atoms with Gasteiger partial charge in [0.25, 0.3) is 7.82 Å². The molecule has 0 heterocycles. The number of hydrogen-bond donors (Lipinski definition) is 0. The second kappa shape index (κ2) is 43.7. The minimum absolute atomic E-state index is 0.0284. The standard InChI is InChI=1S/C51H98NO8P/c1-6-8-10-12-14-16-18-20-21-22-23-24-25-26-27-28-29-30-31-32-34-36-38-40-42-44-51(54)60-49(48-59-61(55,56)58-46-45-52(3,4)5)47-57-50(53)43-41-39-37-35-33-19-17-15-13-11-9-7-2/h18,20,22-23,49H,6-17,19,21,24-48H2,1-5H3/b20-18-,23-22-. The first-order chi connectivity index (χ1) is 29.5. The van der Waals surface area contributed by atoms with Crippen LogP contribution in [0.25, 0.3) is 0 Å². The molecule has 360 valence electrons. The summed E-state index contributed by atoms with van der Waals surface area (Å²) in [5, 5.41) is 0. The summed E-state index contributed by atoms with van der Waals surface area (Å²) in [7, 11) is 1.18. The highest BCUT2D eigenvalue weighted by Gasteiger charge is 2.21. The van der Waals surface area contributed by atoms with Crippen LogP contribution in [0.1, 0.15) is 239 Å². The molecule has 0 aromatic carbocycles. The van der Waals surface area contributed by atoms with Crippen LogP contribution in [-0.4, -0.2) is 70.0 Å². The first kappa shape index (κ1) is 59.5. The van der Waals surface area contributed by atoms with E-state index in [2.05, 4.69) is 38.2 Å². The van der Waals surface area contributed by atoms with Gasteiger partial charge in [-0.3, -0.25) is 14.2 Å². The van der Waals surface area contributed by atoms with Gasteiger partial charge in [-0.25, -0.2) is 0 Å². The summed E-state index contributed by atoms with van der Waals surface area (Å²) in [5.74, 6) is -0.825. The van der Waals surface area contributed by atoms with Crippen molar-refractivity contribution in [2.24, 2.45) is 0 Å². The quantitative estimate of drug-likeness (QED) is 0.0195. The molecule has 2 unspecified atom stereocenters. The highest BCUT2D eigenvalue weighted by atomic mass is 31.2. The van der Waals surface area contributed by atoms with Crippen LogP contribution in [0, 0.1) is 0 Å². The number of phosphoric acid groups is 1. The molecule has 0 rings (SSSR count). The van der Waals surface area contributed by atoms with Crippen LogP contribution in [0.5, 0.6) is 0 Å². The van der Waals surface area contributed by atoms with Gasteiger partial charge in [-0.1, -0.05) is 205 Å². The van der Waals surface area contributed by atoms with Gasteiger partial charge in [-0.2, -0.15) is 0 Å². The molecule has 0 aromatic rings. The van der Waals surface area contributed by atoms with E-state index in [1.807, 2.05) is 21.1 Å². The first-order valence-electron chi connectivity index (χ1n) is 25.5. The summed E-state index contributed by atoms with van der Waals surface area (Å²) in [6.07, 6.45) is 49.2. The fourth-order valence-electron chi connectivity index (χ4n) is 7.22. The molecule has 9 nitrogen and oxygen atoms in total. The Bertz CT molecular complexity index is 1090. The Balaban J connectivity index is 4.15. The zero-order valence-corrected chi connectivity index (χ0v) is 41.5. The van der Waals surface area contributed by atoms with Gasteiger partial charge < -0.3 is 27.9 Å². The number of carbonyl (C=O) groups excluding carboxylic acids is 2. The average molecular weight is 884 g/mol. The smallest absolute Gasteiger partial charge is 0.306 e. The maximum Gasteiger partial charge on any atom is 0.306 e. The number of allylic oxidation sites excluding steroid dienone is 4. The molecule has 0 aliphatic carbocycles. The molecule has 2 atom stereocenters. The van der Waals surface area contributed by atoms with Crippen molar-refractivity contribution in [2.45, 2.75) is 245 Å². The summed E-state index contributed by atoms with van der Waals surface area (Å²) < 4.78 is 34.0. The Kier molecular flexibility index (Phi) is 42.6. The summed E-state index contributed by atoms with van der Waals surface area (Å²) in [6, 6.07) is 0. The lowest BCUT2D eigenvalue weighted by molar-refractivity contribution is -0.870. The summed E-state index contributed by atoms with van der Waals surface area (Å²) >= 11 is 0. The van der Waals surface area contributed by atoms with Crippen molar-refractivity contribution in [1.29, 1.82) is 0 Å². The Morgan fingerprint density at radius 1 is 0.508 bits per heavy atom. The number of rotatable bonds is 47. The minimum atomic E-state index is -4.62. The van der Waals surface area contributed by atoms with Crippen LogP contribution in [0.2, 0.25) is 0 Å². The Hall–Kier alpha value is -1.51. The molecular weight excluding hydrogens is 786 g/mol. The minimum Gasteiger partial charge on any atom is -0.756 e. The molecule has 0 radical (unpaired) electrons. The number of phosphoric ester groups is 1. The van der Waals surface area contributed by atoms with E-state index in [0.717, 1.165) is 44.9 Å². The van der Waals surface area contributed by atoms with Crippen molar-refractivity contribution in [3.63, 3.8) is 0 Å². The van der Waals surface area contributed by atoms with Crippen molar-refractivity contribution in [3.8, 4) is 0 Å². The number of ether oxygens (including phenoxy) is 2. The Morgan fingerprint density at radius 2 is 0.885 bits per heavy atom. The molecule has 10 heteroatoms. The Morgan fingerprint density at radius 3 is 1.30 bits per heavy atom. The normalized spacial score (nSPS) is 13.6. The van der Waals surface area contributed by atoms with E-state index < -0.39 is 26.5 Å². The summed E-state index contributed by atoms with van der Waals surface area (Å²) in [6.45, 7) is 4.24. The molecule has 0 saturated carbocycles. The van der Waals surface area contributed by atoms with Gasteiger partial charge in [0, 0.05) is 12.8 Å². The lowest BCUT2D eigenvalue weighted by Crippen LogP contribution is -2.37. The molecular formula is C51H98NO8P. The topological polar surface area (TPSA) is 111 Å². The van der Waals surface area contributed by atoms with E-state index in [4.69, 9.17) is 18.5 Å². The monoisotopic (exact) mass is 884 g/mol. The van der Waals surface area contributed by atoms with E-state index in [9.17, 15) is 19.0 Å². The lowest BCUT2D eigenvalue weighted by Gasteiger charge is -2.28. The van der Waals surface area contributed by atoms with E-state index in [1.165, 1.54) is 161 Å². The molecule has 0 aromatic heterocycles. The van der Waals surface area contributed by atoms with Gasteiger partial charge in [0.05, 0.1) is 27.7 Å². The third-order valence-electron chi connectivity index (χ3n) is 11.2. The average Bonchev–Trinajstić information content (AvgIpc) is 3.21. The maximum absolute atomic E-state index is 12.7. The molecule has 0 bridgehead atoms. The second-order valence-corrected chi connectivity index (χ2v) is 20.0. The zero-order chi connectivity index (χ0) is 45.0. The fourth-order valence-corrected chi connectivity index (χ4v) is 7.94. The number of nitrogens with zero attached hydrogens (tertiary/aromatic N) is 1. The van der Waals surface area contributed by atoms with Gasteiger partial charge >= 0.3 is 11.9 Å². The van der Waals surface area contributed by atoms with Crippen molar-refractivity contribution < 1.29 is 42.1 Å². The molecule has 0 saturated heterocycles. The predicted molar refractivity (Wildman–Crippen MR) is 254 cm³/mol. The van der Waals surface area contributed by atoms with Crippen LogP contribution in [0.15, 0.2) is 24.3 Å². The van der Waals surface area contributed by atoms with E-state index >= 15 is 0 Å². The highest BCUT2D eigenvalue weighted by Crippen LogP contribution is 2.38. The molecule has 0 amide bonds. The highest BCUT2D eigenvalue weighted by molar-refractivity contribution is 7.45. The summed E-state index contributed by atoms with van der Waals surface area (Å²) in [4.78, 5) is 37.6. The third kappa shape index (κ3) is 47.8. The van der Waals surface area contributed by atoms with Crippen molar-refractivity contribution in [1.82, 2.24) is 0 Å². The van der Waals surface area contributed by atoms with Crippen molar-refractivity contribution in [2.75, 3.05) is 47.5 Å². The maximum atomic E-state index is 12.7. The van der Waals surface area contributed by atoms with Crippen LogP contribution >= 0.6 is 7.82 Å². The van der Waals surface area contributed by atoms with Gasteiger partial charge in [-0.05, 0) is 44.9 Å². The summed E-state index contributed by atoms with van der Waals surface area (Å²) in [5.41, 5.74) is 0. The van der Waals surface area contributed by atoms with Gasteiger partial charge in [0.2, 0.25) is 0 Å². The fraction of sp³-hybridized carbons (Fsp3) is 0.882. The van der Waals surface area contributed by atoms with Crippen LogP contribution in [0.3, 0.4) is 0 Å². The largest absolute Gasteiger partial charge is 0.756 e. The van der Waals surface area contributed by atoms with Gasteiger partial charge in [0.15, 0.2) is 6.10 Å². The number of carbonyl (C=O) groups is 2. The number of esters is 2. The SMILES string of the molecule is CCCCCCC/C=C\C/C=C\CCCCCCCCCCCCCCCC(=O)OC(COC(=O)CCCCCCCCCCCCCC)COP(=O)([O-])OCC[N+](C)(C)C.